The first-order valence-electron chi connectivity index (χ1n) is 5.02. The second kappa shape index (κ2) is 4.94. The maximum Gasteiger partial charge on any atom is 0.322 e. The molecule has 0 unspecified atom stereocenters. The van der Waals surface area contributed by atoms with Crippen molar-refractivity contribution in [2.24, 2.45) is 0 Å². The molecule has 0 aliphatic rings. The SMILES string of the molecule is CN(C)S(=O)(=O)n1cc(I)c(-c2ccccn2)n1. The molecule has 2 heterocycles. The molecule has 0 aromatic carbocycles. The van der Waals surface area contributed by atoms with E-state index in [-0.39, 0.29) is 0 Å². The van der Waals surface area contributed by atoms with Gasteiger partial charge < -0.3 is 0 Å². The van der Waals surface area contributed by atoms with Crippen LogP contribution in [0, 0.1) is 3.57 Å². The lowest BCUT2D eigenvalue weighted by Crippen LogP contribution is -2.29. The minimum absolute atomic E-state index is 0.557. The summed E-state index contributed by atoms with van der Waals surface area (Å²) in [5, 5.41) is 4.09. The summed E-state index contributed by atoms with van der Waals surface area (Å²) in [7, 11) is -0.655. The number of nitrogens with zero attached hydrogens (tertiary/aromatic N) is 4. The molecule has 0 aliphatic carbocycles. The maximum absolute atomic E-state index is 11.9. The zero-order chi connectivity index (χ0) is 13.3. The molecule has 0 saturated carbocycles. The van der Waals surface area contributed by atoms with E-state index >= 15 is 0 Å². The Kier molecular flexibility index (Phi) is 3.69. The maximum atomic E-state index is 11.9. The van der Waals surface area contributed by atoms with E-state index in [1.165, 1.54) is 20.3 Å². The van der Waals surface area contributed by atoms with Crippen molar-refractivity contribution in [3.8, 4) is 11.4 Å². The molecule has 0 spiro atoms. The fraction of sp³-hybridized carbons (Fsp3) is 0.200. The lowest BCUT2D eigenvalue weighted by molar-refractivity contribution is 0.504. The Morgan fingerprint density at radius 2 is 2.06 bits per heavy atom. The highest BCUT2D eigenvalue weighted by Crippen LogP contribution is 2.22. The van der Waals surface area contributed by atoms with E-state index in [2.05, 4.69) is 10.1 Å². The first-order chi connectivity index (χ1) is 8.43. The van der Waals surface area contributed by atoms with E-state index in [0.717, 1.165) is 12.0 Å². The lowest BCUT2D eigenvalue weighted by atomic mass is 10.3. The van der Waals surface area contributed by atoms with Crippen LogP contribution in [0.3, 0.4) is 0 Å². The van der Waals surface area contributed by atoms with Crippen molar-refractivity contribution < 1.29 is 8.42 Å². The first-order valence-corrected chi connectivity index (χ1v) is 7.50. The van der Waals surface area contributed by atoms with Gasteiger partial charge in [-0.15, -0.1) is 0 Å². The number of hydrogen-bond donors (Lipinski definition) is 0. The molecule has 96 valence electrons. The smallest absolute Gasteiger partial charge is 0.255 e. The number of pyridine rings is 1. The van der Waals surface area contributed by atoms with Crippen LogP contribution in [0.4, 0.5) is 0 Å². The van der Waals surface area contributed by atoms with Crippen LogP contribution < -0.4 is 0 Å². The summed E-state index contributed by atoms with van der Waals surface area (Å²) in [6.45, 7) is 0. The minimum Gasteiger partial charge on any atom is -0.255 e. The molecule has 0 saturated heterocycles. The quantitative estimate of drug-likeness (QED) is 0.753. The van der Waals surface area contributed by atoms with E-state index in [1.807, 2.05) is 28.7 Å². The molecule has 0 fully saturated rings. The topological polar surface area (TPSA) is 68.1 Å². The van der Waals surface area contributed by atoms with Gasteiger partial charge >= 0.3 is 10.2 Å². The van der Waals surface area contributed by atoms with Gasteiger partial charge in [0.15, 0.2) is 0 Å². The zero-order valence-electron chi connectivity index (χ0n) is 9.78. The van der Waals surface area contributed by atoms with Crippen molar-refractivity contribution in [3.05, 3.63) is 34.2 Å². The predicted octanol–water partition coefficient (Wildman–Crippen LogP) is 1.20. The molecular formula is C10H11IN4O2S. The second-order valence-corrected chi connectivity index (χ2v) is 6.87. The average Bonchev–Trinajstić information content (AvgIpc) is 2.73. The largest absolute Gasteiger partial charge is 0.322 e. The Bertz CT molecular complexity index is 652. The molecule has 0 aliphatic heterocycles. The van der Waals surface area contributed by atoms with Crippen LogP contribution in [0.1, 0.15) is 0 Å². The van der Waals surface area contributed by atoms with Crippen molar-refractivity contribution in [2.45, 2.75) is 0 Å². The number of hydrogen-bond acceptors (Lipinski definition) is 4. The fourth-order valence-electron chi connectivity index (χ4n) is 1.30. The van der Waals surface area contributed by atoms with Crippen LogP contribution in [-0.4, -0.2) is 41.0 Å². The summed E-state index contributed by atoms with van der Waals surface area (Å²) in [4.78, 5) is 4.16. The van der Waals surface area contributed by atoms with Gasteiger partial charge in [-0.2, -0.15) is 21.9 Å². The molecule has 18 heavy (non-hydrogen) atoms. The third-order valence-corrected chi connectivity index (χ3v) is 4.63. The summed E-state index contributed by atoms with van der Waals surface area (Å²) < 4.78 is 26.7. The predicted molar refractivity (Wildman–Crippen MR) is 76.2 cm³/mol. The summed E-state index contributed by atoms with van der Waals surface area (Å²) in [6, 6.07) is 5.42. The number of aromatic nitrogens is 3. The first kappa shape index (κ1) is 13.4. The Morgan fingerprint density at radius 3 is 2.61 bits per heavy atom. The van der Waals surface area contributed by atoms with E-state index in [0.29, 0.717) is 11.4 Å². The van der Waals surface area contributed by atoms with Gasteiger partial charge in [-0.1, -0.05) is 6.07 Å². The summed E-state index contributed by atoms with van der Waals surface area (Å²) in [5.74, 6) is 0. The molecular weight excluding hydrogens is 367 g/mol. The number of rotatable bonds is 3. The molecule has 6 nitrogen and oxygen atoms in total. The van der Waals surface area contributed by atoms with Crippen LogP contribution in [0.25, 0.3) is 11.4 Å². The van der Waals surface area contributed by atoms with Gasteiger partial charge in [0.05, 0.1) is 15.5 Å². The van der Waals surface area contributed by atoms with Gasteiger partial charge in [-0.25, -0.2) is 0 Å². The van der Waals surface area contributed by atoms with Crippen LogP contribution in [0.15, 0.2) is 30.6 Å². The standard InChI is InChI=1S/C10H11IN4O2S/c1-14(2)18(16,17)15-7-8(11)10(13-15)9-5-3-4-6-12-9/h3-7H,1-2H3. The molecule has 0 radical (unpaired) electrons. The molecule has 8 heteroatoms. The summed E-state index contributed by atoms with van der Waals surface area (Å²) >= 11 is 2.04. The third kappa shape index (κ3) is 2.40. The highest BCUT2D eigenvalue weighted by Gasteiger charge is 2.20. The van der Waals surface area contributed by atoms with Crippen LogP contribution >= 0.6 is 22.6 Å². The fourth-order valence-corrected chi connectivity index (χ4v) is 2.89. The number of halogens is 1. The molecule has 2 aromatic heterocycles. The van der Waals surface area contributed by atoms with Crippen molar-refractivity contribution >= 4 is 32.8 Å². The Morgan fingerprint density at radius 1 is 1.33 bits per heavy atom. The molecule has 0 atom stereocenters. The Labute approximate surface area is 119 Å². The van der Waals surface area contributed by atoms with Gasteiger partial charge in [-0.3, -0.25) is 4.98 Å². The zero-order valence-corrected chi connectivity index (χ0v) is 12.8. The Hall–Kier alpha value is -1.00. The van der Waals surface area contributed by atoms with Crippen molar-refractivity contribution in [3.63, 3.8) is 0 Å². The summed E-state index contributed by atoms with van der Waals surface area (Å²) in [5.41, 5.74) is 1.20. The van der Waals surface area contributed by atoms with Crippen molar-refractivity contribution in [1.82, 2.24) is 18.5 Å². The van der Waals surface area contributed by atoms with Gasteiger partial charge in [0.2, 0.25) is 0 Å². The molecule has 2 aromatic rings. The van der Waals surface area contributed by atoms with Crippen LogP contribution in [0.5, 0.6) is 0 Å². The van der Waals surface area contributed by atoms with Gasteiger partial charge in [0, 0.05) is 20.3 Å². The summed E-state index contributed by atoms with van der Waals surface area (Å²) in [6.07, 6.45) is 3.12. The van der Waals surface area contributed by atoms with Gasteiger partial charge in [-0.05, 0) is 34.7 Å². The minimum atomic E-state index is -3.58. The van der Waals surface area contributed by atoms with E-state index in [4.69, 9.17) is 0 Å². The van der Waals surface area contributed by atoms with Crippen LogP contribution in [0.2, 0.25) is 0 Å². The average molecular weight is 378 g/mol. The lowest BCUT2D eigenvalue weighted by Gasteiger charge is -2.09. The highest BCUT2D eigenvalue weighted by atomic mass is 127. The van der Waals surface area contributed by atoms with Gasteiger partial charge in [0.25, 0.3) is 0 Å². The Balaban J connectivity index is 2.53. The van der Waals surface area contributed by atoms with E-state index < -0.39 is 10.2 Å². The molecule has 0 bridgehead atoms. The van der Waals surface area contributed by atoms with Crippen molar-refractivity contribution in [1.29, 1.82) is 0 Å². The third-order valence-electron chi connectivity index (χ3n) is 2.25. The highest BCUT2D eigenvalue weighted by molar-refractivity contribution is 14.1. The molecule has 2 rings (SSSR count). The second-order valence-electron chi connectivity index (χ2n) is 3.70. The monoisotopic (exact) mass is 378 g/mol. The van der Waals surface area contributed by atoms with Crippen LogP contribution in [-0.2, 0) is 10.2 Å². The van der Waals surface area contributed by atoms with Crippen molar-refractivity contribution in [2.75, 3.05) is 14.1 Å². The molecule has 0 N–H and O–H groups in total. The van der Waals surface area contributed by atoms with E-state index in [1.54, 1.807) is 18.3 Å². The normalized spacial score (nSPS) is 12.0. The van der Waals surface area contributed by atoms with Gasteiger partial charge in [0.1, 0.15) is 5.69 Å². The van der Waals surface area contributed by atoms with E-state index in [9.17, 15) is 8.42 Å². The molecule has 0 amide bonds.